The van der Waals surface area contributed by atoms with Crippen molar-refractivity contribution in [3.8, 4) is 5.75 Å². The Bertz CT molecular complexity index is 1180. The number of H-pyrrole nitrogens is 1. The van der Waals surface area contributed by atoms with Crippen molar-refractivity contribution in [3.63, 3.8) is 0 Å². The molecule has 0 bridgehead atoms. The van der Waals surface area contributed by atoms with E-state index in [2.05, 4.69) is 39.2 Å². The number of ether oxygens (including phenoxy) is 2. The number of morpholine rings is 1. The van der Waals surface area contributed by atoms with E-state index in [1.807, 2.05) is 42.5 Å². The minimum atomic E-state index is -0.108. The average molecular weight is 495 g/mol. The molecule has 1 saturated heterocycles. The predicted octanol–water partition coefficient (Wildman–Crippen LogP) is 3.70. The largest absolute Gasteiger partial charge is 0.497 e. The van der Waals surface area contributed by atoms with Crippen molar-refractivity contribution in [2.24, 2.45) is 0 Å². The number of hydrogen-bond donors (Lipinski definition) is 2. The number of benzene rings is 2. The van der Waals surface area contributed by atoms with Crippen molar-refractivity contribution in [3.05, 3.63) is 76.1 Å². The van der Waals surface area contributed by atoms with Crippen molar-refractivity contribution < 1.29 is 9.47 Å². The molecular formula is C27H34N4O3S. The first-order chi connectivity index (χ1) is 17.0. The molecule has 35 heavy (non-hydrogen) atoms. The third-order valence-corrected chi connectivity index (χ3v) is 6.80. The van der Waals surface area contributed by atoms with Crippen molar-refractivity contribution in [2.75, 3.05) is 46.5 Å². The normalized spacial score (nSPS) is 15.0. The van der Waals surface area contributed by atoms with Crippen LogP contribution in [0.5, 0.6) is 5.75 Å². The number of rotatable bonds is 9. The van der Waals surface area contributed by atoms with Gasteiger partial charge in [-0.2, -0.15) is 0 Å². The lowest BCUT2D eigenvalue weighted by atomic mass is 10.1. The Kier molecular flexibility index (Phi) is 8.74. The van der Waals surface area contributed by atoms with E-state index in [4.69, 9.17) is 21.7 Å². The number of aromatic nitrogens is 1. The molecule has 0 radical (unpaired) electrons. The van der Waals surface area contributed by atoms with Crippen LogP contribution in [0.2, 0.25) is 0 Å². The van der Waals surface area contributed by atoms with E-state index in [1.165, 1.54) is 5.56 Å². The highest BCUT2D eigenvalue weighted by atomic mass is 32.1. The van der Waals surface area contributed by atoms with Crippen LogP contribution in [0.25, 0.3) is 10.9 Å². The van der Waals surface area contributed by atoms with Crippen LogP contribution in [0, 0.1) is 0 Å². The molecule has 4 rings (SSSR count). The third-order valence-electron chi connectivity index (χ3n) is 6.42. The molecule has 2 N–H and O–H groups in total. The zero-order chi connectivity index (χ0) is 24.6. The molecule has 1 aliphatic rings. The Morgan fingerprint density at radius 3 is 2.71 bits per heavy atom. The monoisotopic (exact) mass is 494 g/mol. The summed E-state index contributed by atoms with van der Waals surface area (Å²) in [4.78, 5) is 20.5. The summed E-state index contributed by atoms with van der Waals surface area (Å²) in [5.41, 5.74) is 2.50. The molecule has 0 amide bonds. The molecule has 3 aromatic rings. The maximum atomic E-state index is 12.9. The molecule has 1 aliphatic heterocycles. The van der Waals surface area contributed by atoms with Crippen molar-refractivity contribution in [1.82, 2.24) is 20.1 Å². The highest BCUT2D eigenvalue weighted by Crippen LogP contribution is 2.19. The van der Waals surface area contributed by atoms with Crippen LogP contribution in [0.15, 0.2) is 59.4 Å². The first-order valence-corrected chi connectivity index (χ1v) is 12.5. The highest BCUT2D eigenvalue weighted by Gasteiger charge is 2.17. The van der Waals surface area contributed by atoms with Crippen molar-refractivity contribution in [2.45, 2.75) is 25.9 Å². The van der Waals surface area contributed by atoms with Crippen molar-refractivity contribution >= 4 is 28.2 Å². The highest BCUT2D eigenvalue weighted by molar-refractivity contribution is 7.80. The topological polar surface area (TPSA) is 69.8 Å². The summed E-state index contributed by atoms with van der Waals surface area (Å²) in [6.45, 7) is 7.76. The number of hydrogen-bond acceptors (Lipinski definition) is 5. The number of fused-ring (bicyclic) bond motifs is 1. The molecule has 8 heteroatoms. The third kappa shape index (κ3) is 6.81. The maximum absolute atomic E-state index is 12.9. The smallest absolute Gasteiger partial charge is 0.253 e. The van der Waals surface area contributed by atoms with E-state index >= 15 is 0 Å². The Balaban J connectivity index is 1.50. The molecule has 1 atom stereocenters. The molecule has 1 aromatic heterocycles. The summed E-state index contributed by atoms with van der Waals surface area (Å²) < 4.78 is 10.8. The lowest BCUT2D eigenvalue weighted by molar-refractivity contribution is 0.0367. The fourth-order valence-corrected chi connectivity index (χ4v) is 4.67. The fraction of sp³-hybridized carbons (Fsp3) is 0.407. The van der Waals surface area contributed by atoms with Crippen LogP contribution >= 0.6 is 12.2 Å². The van der Waals surface area contributed by atoms with Gasteiger partial charge in [-0.3, -0.25) is 9.69 Å². The van der Waals surface area contributed by atoms with Gasteiger partial charge in [0, 0.05) is 37.8 Å². The first-order valence-electron chi connectivity index (χ1n) is 12.1. The fourth-order valence-electron chi connectivity index (χ4n) is 4.34. The summed E-state index contributed by atoms with van der Waals surface area (Å²) in [5.74, 6) is 0.714. The summed E-state index contributed by atoms with van der Waals surface area (Å²) >= 11 is 5.85. The van der Waals surface area contributed by atoms with E-state index in [-0.39, 0.29) is 11.6 Å². The predicted molar refractivity (Wildman–Crippen MR) is 144 cm³/mol. The van der Waals surface area contributed by atoms with Gasteiger partial charge in [-0.1, -0.05) is 30.3 Å². The van der Waals surface area contributed by atoms with Gasteiger partial charge in [-0.05, 0) is 54.7 Å². The minimum absolute atomic E-state index is 0.0628. The van der Waals surface area contributed by atoms with Gasteiger partial charge in [0.25, 0.3) is 5.56 Å². The molecule has 0 spiro atoms. The van der Waals surface area contributed by atoms with E-state index in [9.17, 15) is 4.79 Å². The Morgan fingerprint density at radius 1 is 1.20 bits per heavy atom. The number of thiocarbonyl (C=S) groups is 1. The molecule has 0 aliphatic carbocycles. The Labute approximate surface area is 212 Å². The standard InChI is InChI=1S/C27H34N4O3S/c1-20(21-7-4-3-5-8-21)28-27(35)31(12-6-11-30-13-15-34-16-14-30)19-23-17-22-9-10-24(33-2)18-25(22)29-26(23)32/h3-5,7-10,17-18,20H,6,11-16,19H2,1-2H3,(H,28,35)(H,29,32)/t20-/m0/s1. The van der Waals surface area contributed by atoms with Gasteiger partial charge in [-0.15, -0.1) is 0 Å². The zero-order valence-electron chi connectivity index (χ0n) is 20.5. The van der Waals surface area contributed by atoms with Crippen LogP contribution in [0.4, 0.5) is 0 Å². The van der Waals surface area contributed by atoms with Gasteiger partial charge in [0.05, 0.1) is 38.4 Å². The molecule has 0 unspecified atom stereocenters. The number of pyridine rings is 1. The molecule has 0 saturated carbocycles. The van der Waals surface area contributed by atoms with Gasteiger partial charge >= 0.3 is 0 Å². The Morgan fingerprint density at radius 2 is 1.97 bits per heavy atom. The maximum Gasteiger partial charge on any atom is 0.253 e. The summed E-state index contributed by atoms with van der Waals surface area (Å²) in [6, 6.07) is 18.0. The van der Waals surface area contributed by atoms with Gasteiger partial charge in [0.1, 0.15) is 5.75 Å². The second-order valence-corrected chi connectivity index (χ2v) is 9.27. The van der Waals surface area contributed by atoms with E-state index < -0.39 is 0 Å². The van der Waals surface area contributed by atoms with E-state index in [0.717, 1.165) is 56.7 Å². The first kappa shape index (κ1) is 25.2. The molecule has 2 aromatic carbocycles. The summed E-state index contributed by atoms with van der Waals surface area (Å²) in [7, 11) is 1.62. The van der Waals surface area contributed by atoms with Gasteiger partial charge in [0.2, 0.25) is 0 Å². The molecule has 2 heterocycles. The van der Waals surface area contributed by atoms with Gasteiger partial charge in [-0.25, -0.2) is 0 Å². The SMILES string of the molecule is COc1ccc2cc(CN(CCCN3CCOCC3)C(=S)N[C@@H](C)c3ccccc3)c(=O)[nH]c2c1. The lowest BCUT2D eigenvalue weighted by Crippen LogP contribution is -2.43. The van der Waals surface area contributed by atoms with Crippen LogP contribution < -0.4 is 15.6 Å². The van der Waals surface area contributed by atoms with Gasteiger partial charge in [0.15, 0.2) is 5.11 Å². The summed E-state index contributed by atoms with van der Waals surface area (Å²) in [6.07, 6.45) is 0.949. The average Bonchev–Trinajstić information content (AvgIpc) is 2.89. The van der Waals surface area contributed by atoms with E-state index in [0.29, 0.717) is 23.0 Å². The number of methoxy groups -OCH3 is 1. The second-order valence-electron chi connectivity index (χ2n) is 8.89. The molecule has 186 valence electrons. The van der Waals surface area contributed by atoms with Crippen LogP contribution in [-0.2, 0) is 11.3 Å². The number of aromatic amines is 1. The van der Waals surface area contributed by atoms with Crippen LogP contribution in [0.3, 0.4) is 0 Å². The van der Waals surface area contributed by atoms with E-state index in [1.54, 1.807) is 7.11 Å². The molecular weight excluding hydrogens is 460 g/mol. The van der Waals surface area contributed by atoms with Crippen LogP contribution in [0.1, 0.15) is 30.5 Å². The minimum Gasteiger partial charge on any atom is -0.497 e. The Hall–Kier alpha value is -2.94. The second kappa shape index (κ2) is 12.2. The lowest BCUT2D eigenvalue weighted by Gasteiger charge is -2.30. The van der Waals surface area contributed by atoms with Crippen molar-refractivity contribution in [1.29, 1.82) is 0 Å². The number of nitrogens with zero attached hydrogens (tertiary/aromatic N) is 2. The van der Waals surface area contributed by atoms with Crippen LogP contribution in [-0.4, -0.2) is 66.4 Å². The molecule has 7 nitrogen and oxygen atoms in total. The summed E-state index contributed by atoms with van der Waals surface area (Å²) in [5, 5.41) is 5.09. The number of nitrogens with one attached hydrogen (secondary N) is 2. The zero-order valence-corrected chi connectivity index (χ0v) is 21.3. The molecule has 1 fully saturated rings. The van der Waals surface area contributed by atoms with Gasteiger partial charge < -0.3 is 24.7 Å². The quantitative estimate of drug-likeness (QED) is 0.440.